The van der Waals surface area contributed by atoms with Gasteiger partial charge in [-0.1, -0.05) is 50.7 Å². The minimum atomic E-state index is -0.656. The van der Waals surface area contributed by atoms with Gasteiger partial charge < -0.3 is 10.4 Å². The smallest absolute Gasteiger partial charge is 0.251 e. The molecular formula is C22H34N2O2. The maximum Gasteiger partial charge on any atom is 0.251 e. The van der Waals surface area contributed by atoms with E-state index in [2.05, 4.69) is 10.6 Å². The zero-order chi connectivity index (χ0) is 18.2. The van der Waals surface area contributed by atoms with Gasteiger partial charge in [0.25, 0.3) is 5.91 Å². The third kappa shape index (κ3) is 5.82. The van der Waals surface area contributed by atoms with Crippen LogP contribution in [-0.2, 0) is 0 Å². The maximum absolute atomic E-state index is 12.3. The van der Waals surface area contributed by atoms with Crippen molar-refractivity contribution in [1.29, 1.82) is 0 Å². The summed E-state index contributed by atoms with van der Waals surface area (Å²) in [5.41, 5.74) is 1.49. The number of amides is 1. The lowest BCUT2D eigenvalue weighted by Gasteiger charge is -2.23. The molecule has 3 N–H and O–H groups in total. The first-order chi connectivity index (χ1) is 12.7. The average Bonchev–Trinajstić information content (AvgIpc) is 2.72. The molecule has 0 radical (unpaired) electrons. The fourth-order valence-electron chi connectivity index (χ4n) is 4.33. The van der Waals surface area contributed by atoms with Crippen molar-refractivity contribution in [1.82, 2.24) is 10.6 Å². The van der Waals surface area contributed by atoms with Crippen LogP contribution in [0.4, 0.5) is 0 Å². The lowest BCUT2D eigenvalue weighted by atomic mass is 9.89. The zero-order valence-corrected chi connectivity index (χ0v) is 15.9. The number of benzene rings is 1. The largest absolute Gasteiger partial charge is 0.374 e. The van der Waals surface area contributed by atoms with Gasteiger partial charge >= 0.3 is 0 Å². The summed E-state index contributed by atoms with van der Waals surface area (Å²) in [5, 5.41) is 16.7. The molecule has 1 atom stereocenters. The van der Waals surface area contributed by atoms with Crippen LogP contribution in [0.15, 0.2) is 24.3 Å². The third-order valence-electron chi connectivity index (χ3n) is 6.09. The number of hydrogen-bond acceptors (Lipinski definition) is 3. The van der Waals surface area contributed by atoms with Crippen molar-refractivity contribution < 1.29 is 9.90 Å². The highest BCUT2D eigenvalue weighted by Gasteiger charge is 2.17. The zero-order valence-electron chi connectivity index (χ0n) is 15.9. The molecule has 1 aromatic rings. The molecule has 3 rings (SSSR count). The number of carbonyl (C=O) groups excluding carboxylic acids is 1. The van der Waals surface area contributed by atoms with Crippen LogP contribution in [0.5, 0.6) is 0 Å². The Morgan fingerprint density at radius 1 is 0.885 bits per heavy atom. The van der Waals surface area contributed by atoms with E-state index in [0.29, 0.717) is 17.4 Å². The van der Waals surface area contributed by atoms with Gasteiger partial charge in [0.15, 0.2) is 0 Å². The fraction of sp³-hybridized carbons (Fsp3) is 0.682. The van der Waals surface area contributed by atoms with Crippen LogP contribution < -0.4 is 10.6 Å². The summed E-state index contributed by atoms with van der Waals surface area (Å²) in [6.07, 6.45) is 12.2. The van der Waals surface area contributed by atoms with Gasteiger partial charge in [-0.05, 0) is 55.2 Å². The Labute approximate surface area is 157 Å². The summed E-state index contributed by atoms with van der Waals surface area (Å²) in [6, 6.07) is 7.34. The average molecular weight is 359 g/mol. The molecule has 0 heterocycles. The number of aliphatic hydroxyl groups excluding tert-OH is 1. The van der Waals surface area contributed by atoms with Gasteiger partial charge in [0.2, 0.25) is 0 Å². The minimum Gasteiger partial charge on any atom is -0.374 e. The molecule has 26 heavy (non-hydrogen) atoms. The molecule has 1 aromatic carbocycles. The molecule has 0 aromatic heterocycles. The molecule has 0 bridgehead atoms. The molecule has 0 saturated heterocycles. The van der Waals surface area contributed by atoms with Gasteiger partial charge in [-0.15, -0.1) is 0 Å². The second kappa shape index (κ2) is 10.1. The first kappa shape index (κ1) is 19.4. The summed E-state index contributed by atoms with van der Waals surface area (Å²) in [7, 11) is 0. The highest BCUT2D eigenvalue weighted by Crippen LogP contribution is 2.24. The standard InChI is InChI=1S/C22H34N2O2/c25-21(23-15-17-7-3-1-4-8-17)19-11-13-20(14-12-19)22(26)24-16-18-9-5-2-6-10-18/h11-14,17-18,21,23,25H,1-10,15-16H2,(H,24,26). The van der Waals surface area contributed by atoms with E-state index in [0.717, 1.165) is 18.7 Å². The van der Waals surface area contributed by atoms with Gasteiger partial charge in [0, 0.05) is 18.7 Å². The molecule has 4 nitrogen and oxygen atoms in total. The van der Waals surface area contributed by atoms with Crippen LogP contribution in [0.3, 0.4) is 0 Å². The highest BCUT2D eigenvalue weighted by molar-refractivity contribution is 5.94. The number of aliphatic hydroxyl groups is 1. The Kier molecular flexibility index (Phi) is 7.51. The molecule has 0 aliphatic heterocycles. The van der Waals surface area contributed by atoms with Crippen molar-refractivity contribution in [3.05, 3.63) is 35.4 Å². The number of carbonyl (C=O) groups is 1. The van der Waals surface area contributed by atoms with Crippen LogP contribution in [0.1, 0.15) is 86.4 Å². The molecule has 4 heteroatoms. The number of nitrogens with one attached hydrogen (secondary N) is 2. The van der Waals surface area contributed by atoms with E-state index in [9.17, 15) is 9.90 Å². The monoisotopic (exact) mass is 358 g/mol. The van der Waals surface area contributed by atoms with E-state index in [1.807, 2.05) is 24.3 Å². The molecule has 2 saturated carbocycles. The van der Waals surface area contributed by atoms with Gasteiger partial charge in [0.05, 0.1) is 0 Å². The summed E-state index contributed by atoms with van der Waals surface area (Å²) in [6.45, 7) is 1.65. The number of hydrogen-bond donors (Lipinski definition) is 3. The molecule has 1 unspecified atom stereocenters. The second-order valence-corrected chi connectivity index (χ2v) is 8.15. The Morgan fingerprint density at radius 3 is 2.00 bits per heavy atom. The van der Waals surface area contributed by atoms with Crippen LogP contribution in [-0.4, -0.2) is 24.1 Å². The normalized spacial score (nSPS) is 20.7. The molecular weight excluding hydrogens is 324 g/mol. The van der Waals surface area contributed by atoms with E-state index in [1.54, 1.807) is 0 Å². The molecule has 2 fully saturated rings. The highest BCUT2D eigenvalue weighted by atomic mass is 16.3. The van der Waals surface area contributed by atoms with E-state index in [1.165, 1.54) is 64.2 Å². The third-order valence-corrected chi connectivity index (χ3v) is 6.09. The fourth-order valence-corrected chi connectivity index (χ4v) is 4.33. The Bertz CT molecular complexity index is 546. The number of rotatable bonds is 7. The first-order valence-corrected chi connectivity index (χ1v) is 10.5. The van der Waals surface area contributed by atoms with Gasteiger partial charge in [-0.2, -0.15) is 0 Å². The minimum absolute atomic E-state index is 0.00761. The van der Waals surface area contributed by atoms with Crippen molar-refractivity contribution in [2.45, 2.75) is 70.4 Å². The van der Waals surface area contributed by atoms with Gasteiger partial charge in [-0.3, -0.25) is 10.1 Å². The summed E-state index contributed by atoms with van der Waals surface area (Å²) in [4.78, 5) is 12.3. The Hall–Kier alpha value is -1.39. The maximum atomic E-state index is 12.3. The quantitative estimate of drug-likeness (QED) is 0.642. The lowest BCUT2D eigenvalue weighted by Crippen LogP contribution is -2.30. The SMILES string of the molecule is O=C(NCC1CCCCC1)c1ccc(C(O)NCC2CCCCC2)cc1. The topological polar surface area (TPSA) is 61.4 Å². The van der Waals surface area contributed by atoms with E-state index >= 15 is 0 Å². The lowest BCUT2D eigenvalue weighted by molar-refractivity contribution is 0.0943. The van der Waals surface area contributed by atoms with E-state index < -0.39 is 6.23 Å². The van der Waals surface area contributed by atoms with Crippen molar-refractivity contribution in [2.75, 3.05) is 13.1 Å². The van der Waals surface area contributed by atoms with E-state index in [4.69, 9.17) is 0 Å². The van der Waals surface area contributed by atoms with Crippen LogP contribution in [0.25, 0.3) is 0 Å². The predicted octanol–water partition coefficient (Wildman–Crippen LogP) is 4.16. The predicted molar refractivity (Wildman–Crippen MR) is 105 cm³/mol. The second-order valence-electron chi connectivity index (χ2n) is 8.15. The van der Waals surface area contributed by atoms with Gasteiger partial charge in [0.1, 0.15) is 6.23 Å². The molecule has 2 aliphatic carbocycles. The Morgan fingerprint density at radius 2 is 1.42 bits per heavy atom. The molecule has 0 spiro atoms. The molecule has 2 aliphatic rings. The Balaban J connectivity index is 1.43. The van der Waals surface area contributed by atoms with Crippen molar-refractivity contribution in [3.63, 3.8) is 0 Å². The van der Waals surface area contributed by atoms with Crippen LogP contribution in [0.2, 0.25) is 0 Å². The molecule has 1 amide bonds. The van der Waals surface area contributed by atoms with Crippen molar-refractivity contribution in [2.24, 2.45) is 11.8 Å². The first-order valence-electron chi connectivity index (χ1n) is 10.5. The van der Waals surface area contributed by atoms with E-state index in [-0.39, 0.29) is 5.91 Å². The van der Waals surface area contributed by atoms with Crippen molar-refractivity contribution in [3.8, 4) is 0 Å². The van der Waals surface area contributed by atoms with Crippen LogP contribution in [0, 0.1) is 11.8 Å². The molecule has 144 valence electrons. The van der Waals surface area contributed by atoms with Crippen molar-refractivity contribution >= 4 is 5.91 Å². The summed E-state index contributed by atoms with van der Waals surface area (Å²) >= 11 is 0. The van der Waals surface area contributed by atoms with Crippen LogP contribution >= 0.6 is 0 Å². The summed E-state index contributed by atoms with van der Waals surface area (Å²) in [5.74, 6) is 1.31. The summed E-state index contributed by atoms with van der Waals surface area (Å²) < 4.78 is 0. The van der Waals surface area contributed by atoms with Gasteiger partial charge in [-0.25, -0.2) is 0 Å².